The van der Waals surface area contributed by atoms with Crippen LogP contribution in [0.15, 0.2) is 35.4 Å². The van der Waals surface area contributed by atoms with Crippen molar-refractivity contribution in [3.05, 3.63) is 35.9 Å². The van der Waals surface area contributed by atoms with Gasteiger partial charge in [-0.15, -0.1) is 0 Å². The Bertz CT molecular complexity index is 443. The van der Waals surface area contributed by atoms with E-state index >= 15 is 0 Å². The van der Waals surface area contributed by atoms with E-state index in [2.05, 4.69) is 31.1 Å². The Labute approximate surface area is 114 Å². The van der Waals surface area contributed by atoms with Crippen LogP contribution in [-0.2, 0) is 11.2 Å². The minimum Gasteiger partial charge on any atom is -0.446 e. The third kappa shape index (κ3) is 3.56. The van der Waals surface area contributed by atoms with Gasteiger partial charge in [0.25, 0.3) is 0 Å². The molecule has 0 saturated carbocycles. The van der Waals surface area contributed by atoms with Crippen molar-refractivity contribution in [3.63, 3.8) is 0 Å². The first kappa shape index (κ1) is 13.6. The van der Waals surface area contributed by atoms with E-state index in [1.807, 2.05) is 18.2 Å². The molecule has 0 N–H and O–H groups in total. The predicted molar refractivity (Wildman–Crippen MR) is 75.1 cm³/mol. The zero-order valence-corrected chi connectivity index (χ0v) is 11.5. The number of carbonyl (C=O) groups is 1. The zero-order valence-electron chi connectivity index (χ0n) is 11.5. The lowest BCUT2D eigenvalue weighted by Crippen LogP contribution is -2.32. The SMILES string of the molecule is CC(C)[C@H]1COC(=O)N1/N=C/CCc1ccccc1. The fourth-order valence-electron chi connectivity index (χ4n) is 2.06. The van der Waals surface area contributed by atoms with E-state index in [-0.39, 0.29) is 12.1 Å². The standard InChI is InChI=1S/C15H20N2O2/c1-12(2)14-11-19-15(18)17(14)16-10-6-9-13-7-4-3-5-8-13/h3-5,7-8,10,12,14H,6,9,11H2,1-2H3/b16-10+/t14-/m1/s1. The summed E-state index contributed by atoms with van der Waals surface area (Å²) in [6, 6.07) is 10.3. The van der Waals surface area contributed by atoms with E-state index in [1.54, 1.807) is 6.21 Å². The first-order valence-electron chi connectivity index (χ1n) is 6.71. The molecule has 0 aliphatic carbocycles. The minimum atomic E-state index is -0.338. The monoisotopic (exact) mass is 260 g/mol. The van der Waals surface area contributed by atoms with Crippen molar-refractivity contribution < 1.29 is 9.53 Å². The number of nitrogens with zero attached hydrogens (tertiary/aromatic N) is 2. The van der Waals surface area contributed by atoms with Gasteiger partial charge in [-0.2, -0.15) is 10.1 Å². The van der Waals surface area contributed by atoms with Gasteiger partial charge in [-0.25, -0.2) is 4.79 Å². The van der Waals surface area contributed by atoms with Gasteiger partial charge in [0.2, 0.25) is 0 Å². The predicted octanol–water partition coefficient (Wildman–Crippen LogP) is 3.08. The number of carbonyl (C=O) groups excluding carboxylic acids is 1. The average Bonchev–Trinajstić information content (AvgIpc) is 2.77. The van der Waals surface area contributed by atoms with Gasteiger partial charge in [0.15, 0.2) is 0 Å². The molecule has 19 heavy (non-hydrogen) atoms. The van der Waals surface area contributed by atoms with Gasteiger partial charge in [-0.05, 0) is 24.3 Å². The first-order chi connectivity index (χ1) is 9.18. The first-order valence-corrected chi connectivity index (χ1v) is 6.71. The Kier molecular flexibility index (Phi) is 4.55. The molecule has 1 heterocycles. The van der Waals surface area contributed by atoms with Crippen LogP contribution in [0.4, 0.5) is 4.79 Å². The van der Waals surface area contributed by atoms with Crippen molar-refractivity contribution in [3.8, 4) is 0 Å². The summed E-state index contributed by atoms with van der Waals surface area (Å²) in [4.78, 5) is 11.5. The van der Waals surface area contributed by atoms with Gasteiger partial charge >= 0.3 is 6.09 Å². The topological polar surface area (TPSA) is 41.9 Å². The Morgan fingerprint density at radius 3 is 2.84 bits per heavy atom. The second-order valence-corrected chi connectivity index (χ2v) is 5.06. The number of hydrogen-bond acceptors (Lipinski definition) is 3. The van der Waals surface area contributed by atoms with Gasteiger partial charge in [0.05, 0.1) is 6.04 Å². The van der Waals surface area contributed by atoms with Gasteiger partial charge in [0, 0.05) is 6.21 Å². The number of hydrazone groups is 1. The third-order valence-corrected chi connectivity index (χ3v) is 3.26. The largest absolute Gasteiger partial charge is 0.446 e. The van der Waals surface area contributed by atoms with Crippen molar-refractivity contribution in [2.75, 3.05) is 6.61 Å². The van der Waals surface area contributed by atoms with Crippen LogP contribution in [-0.4, -0.2) is 30.0 Å². The third-order valence-electron chi connectivity index (χ3n) is 3.26. The van der Waals surface area contributed by atoms with E-state index in [1.165, 1.54) is 10.6 Å². The second kappa shape index (κ2) is 6.36. The van der Waals surface area contributed by atoms with Crippen LogP contribution in [0.25, 0.3) is 0 Å². The molecule has 1 aliphatic heterocycles. The summed E-state index contributed by atoms with van der Waals surface area (Å²) in [6.07, 6.45) is 3.21. The van der Waals surface area contributed by atoms with Crippen LogP contribution in [0.2, 0.25) is 0 Å². The summed E-state index contributed by atoms with van der Waals surface area (Å²) >= 11 is 0. The van der Waals surface area contributed by atoms with E-state index < -0.39 is 0 Å². The molecule has 0 unspecified atom stereocenters. The molecule has 0 spiro atoms. The summed E-state index contributed by atoms with van der Waals surface area (Å²) in [5, 5.41) is 5.72. The number of ether oxygens (including phenoxy) is 1. The Morgan fingerprint density at radius 2 is 2.16 bits per heavy atom. The molecule has 4 nitrogen and oxygen atoms in total. The maximum absolute atomic E-state index is 11.5. The molecule has 1 amide bonds. The van der Waals surface area contributed by atoms with E-state index in [9.17, 15) is 4.79 Å². The van der Waals surface area contributed by atoms with Crippen LogP contribution in [0, 0.1) is 5.92 Å². The molecule has 1 aromatic rings. The number of cyclic esters (lactones) is 1. The Balaban J connectivity index is 1.86. The van der Waals surface area contributed by atoms with Crippen molar-refractivity contribution in [2.45, 2.75) is 32.7 Å². The molecule has 0 bridgehead atoms. The molecule has 0 aromatic heterocycles. The number of benzene rings is 1. The molecule has 4 heteroatoms. The van der Waals surface area contributed by atoms with Crippen LogP contribution in [0.5, 0.6) is 0 Å². The molecule has 0 radical (unpaired) electrons. The maximum Gasteiger partial charge on any atom is 0.430 e. The molecule has 1 aromatic carbocycles. The number of amides is 1. The maximum atomic E-state index is 11.5. The summed E-state index contributed by atoms with van der Waals surface area (Å²) in [5.74, 6) is 0.345. The van der Waals surface area contributed by atoms with Crippen molar-refractivity contribution >= 4 is 12.3 Å². The summed E-state index contributed by atoms with van der Waals surface area (Å²) in [7, 11) is 0. The molecule has 1 fully saturated rings. The molecule has 1 aliphatic rings. The van der Waals surface area contributed by atoms with Crippen LogP contribution in [0.1, 0.15) is 25.8 Å². The minimum absolute atomic E-state index is 0.0560. The van der Waals surface area contributed by atoms with Gasteiger partial charge in [0.1, 0.15) is 6.61 Å². The highest BCUT2D eigenvalue weighted by atomic mass is 16.6. The number of hydrogen-bond donors (Lipinski definition) is 0. The number of aryl methyl sites for hydroxylation is 1. The molecule has 102 valence electrons. The second-order valence-electron chi connectivity index (χ2n) is 5.06. The van der Waals surface area contributed by atoms with Crippen molar-refractivity contribution in [2.24, 2.45) is 11.0 Å². The lowest BCUT2D eigenvalue weighted by Gasteiger charge is -2.18. The summed E-state index contributed by atoms with van der Waals surface area (Å²) < 4.78 is 5.03. The lowest BCUT2D eigenvalue weighted by atomic mass is 10.1. The smallest absolute Gasteiger partial charge is 0.430 e. The molecule has 1 atom stereocenters. The summed E-state index contributed by atoms with van der Waals surface area (Å²) in [5.41, 5.74) is 1.28. The quantitative estimate of drug-likeness (QED) is 0.763. The average molecular weight is 260 g/mol. The fraction of sp³-hybridized carbons (Fsp3) is 0.467. The normalized spacial score (nSPS) is 19.4. The lowest BCUT2D eigenvalue weighted by molar-refractivity contribution is 0.158. The van der Waals surface area contributed by atoms with Crippen LogP contribution in [0.3, 0.4) is 0 Å². The van der Waals surface area contributed by atoms with Crippen LogP contribution < -0.4 is 0 Å². The molecule has 1 saturated heterocycles. The highest BCUT2D eigenvalue weighted by Gasteiger charge is 2.34. The number of rotatable bonds is 5. The molecule has 2 rings (SSSR count). The van der Waals surface area contributed by atoms with Gasteiger partial charge in [-0.1, -0.05) is 44.2 Å². The Hall–Kier alpha value is -1.84. The van der Waals surface area contributed by atoms with Gasteiger partial charge in [-0.3, -0.25) is 0 Å². The van der Waals surface area contributed by atoms with Crippen LogP contribution >= 0.6 is 0 Å². The van der Waals surface area contributed by atoms with E-state index in [0.29, 0.717) is 12.5 Å². The highest BCUT2D eigenvalue weighted by Crippen LogP contribution is 2.19. The highest BCUT2D eigenvalue weighted by molar-refractivity contribution is 5.71. The Morgan fingerprint density at radius 1 is 1.42 bits per heavy atom. The summed E-state index contributed by atoms with van der Waals surface area (Å²) in [6.45, 7) is 4.57. The molecular weight excluding hydrogens is 240 g/mol. The van der Waals surface area contributed by atoms with Crippen molar-refractivity contribution in [1.29, 1.82) is 0 Å². The van der Waals surface area contributed by atoms with E-state index in [0.717, 1.165) is 12.8 Å². The fourth-order valence-corrected chi connectivity index (χ4v) is 2.06. The molecular formula is C15H20N2O2. The van der Waals surface area contributed by atoms with E-state index in [4.69, 9.17) is 4.74 Å². The zero-order chi connectivity index (χ0) is 13.7. The van der Waals surface area contributed by atoms with Gasteiger partial charge < -0.3 is 4.74 Å². The van der Waals surface area contributed by atoms with Crippen molar-refractivity contribution in [1.82, 2.24) is 5.01 Å².